The van der Waals surface area contributed by atoms with E-state index in [2.05, 4.69) is 10.6 Å². The Morgan fingerprint density at radius 1 is 1.12 bits per heavy atom. The number of aryl methyl sites for hydroxylation is 2. The van der Waals surface area contributed by atoms with Crippen molar-refractivity contribution in [2.45, 2.75) is 46.1 Å². The molecule has 1 aliphatic carbocycles. The largest absolute Gasteiger partial charge is 0.454 e. The van der Waals surface area contributed by atoms with Gasteiger partial charge in [-0.05, 0) is 49.8 Å². The fourth-order valence-corrected chi connectivity index (χ4v) is 4.88. The summed E-state index contributed by atoms with van der Waals surface area (Å²) in [6.07, 6.45) is 2.56. The Kier molecular flexibility index (Phi) is 7.29. The SMILES string of the molecule is Cc1ccc(C(=O)NC(C(=O)OCC(=O)Nc2sc3c(c2C(N)=O)CCC3)C(C)C)cc1. The van der Waals surface area contributed by atoms with Crippen molar-refractivity contribution in [3.05, 3.63) is 51.4 Å². The van der Waals surface area contributed by atoms with Gasteiger partial charge in [0.05, 0.1) is 5.56 Å². The minimum atomic E-state index is -0.914. The van der Waals surface area contributed by atoms with Gasteiger partial charge in [0.25, 0.3) is 17.7 Å². The Bertz CT molecular complexity index is 1040. The summed E-state index contributed by atoms with van der Waals surface area (Å²) in [5.74, 6) is -2.52. The van der Waals surface area contributed by atoms with Crippen LogP contribution < -0.4 is 16.4 Å². The first-order valence-corrected chi connectivity index (χ1v) is 11.3. The maximum absolute atomic E-state index is 12.6. The van der Waals surface area contributed by atoms with E-state index >= 15 is 0 Å². The number of carbonyl (C=O) groups excluding carboxylic acids is 4. The second-order valence-corrected chi connectivity index (χ2v) is 9.25. The van der Waals surface area contributed by atoms with Crippen molar-refractivity contribution in [2.75, 3.05) is 11.9 Å². The topological polar surface area (TPSA) is 128 Å². The number of nitrogens with one attached hydrogen (secondary N) is 2. The molecule has 1 aliphatic rings. The molecule has 0 bridgehead atoms. The summed E-state index contributed by atoms with van der Waals surface area (Å²) in [7, 11) is 0. The Morgan fingerprint density at radius 2 is 1.81 bits per heavy atom. The maximum Gasteiger partial charge on any atom is 0.329 e. The number of benzene rings is 1. The number of hydrogen-bond acceptors (Lipinski definition) is 6. The van der Waals surface area contributed by atoms with Crippen LogP contribution in [0.2, 0.25) is 0 Å². The van der Waals surface area contributed by atoms with Crippen LogP contribution in [0.15, 0.2) is 24.3 Å². The molecule has 32 heavy (non-hydrogen) atoms. The third-order valence-electron chi connectivity index (χ3n) is 5.29. The predicted octanol–water partition coefficient (Wildman–Crippen LogP) is 2.58. The van der Waals surface area contributed by atoms with E-state index in [0.717, 1.165) is 35.3 Å². The summed E-state index contributed by atoms with van der Waals surface area (Å²) in [5, 5.41) is 5.69. The molecule has 0 fully saturated rings. The molecule has 0 spiro atoms. The molecular formula is C23H27N3O5S. The van der Waals surface area contributed by atoms with E-state index in [1.807, 2.05) is 19.1 Å². The molecule has 0 saturated carbocycles. The van der Waals surface area contributed by atoms with Crippen molar-refractivity contribution in [3.63, 3.8) is 0 Å². The van der Waals surface area contributed by atoms with Crippen LogP contribution >= 0.6 is 11.3 Å². The molecule has 1 aromatic carbocycles. The molecular weight excluding hydrogens is 430 g/mol. The molecule has 1 atom stereocenters. The van der Waals surface area contributed by atoms with E-state index in [-0.39, 0.29) is 5.92 Å². The smallest absolute Gasteiger partial charge is 0.329 e. The summed E-state index contributed by atoms with van der Waals surface area (Å²) < 4.78 is 5.16. The average molecular weight is 458 g/mol. The van der Waals surface area contributed by atoms with Crippen molar-refractivity contribution in [3.8, 4) is 0 Å². The number of primary amides is 1. The molecule has 9 heteroatoms. The van der Waals surface area contributed by atoms with E-state index in [0.29, 0.717) is 16.1 Å². The molecule has 8 nitrogen and oxygen atoms in total. The lowest BCUT2D eigenvalue weighted by atomic mass is 10.0. The Hall–Kier alpha value is -3.20. The Balaban J connectivity index is 1.59. The summed E-state index contributed by atoms with van der Waals surface area (Å²) in [4.78, 5) is 50.3. The molecule has 0 aliphatic heterocycles. The number of rotatable bonds is 8. The van der Waals surface area contributed by atoms with Gasteiger partial charge in [-0.15, -0.1) is 11.3 Å². The van der Waals surface area contributed by atoms with Gasteiger partial charge in [-0.3, -0.25) is 14.4 Å². The predicted molar refractivity (Wildman–Crippen MR) is 122 cm³/mol. The van der Waals surface area contributed by atoms with Crippen molar-refractivity contribution in [1.82, 2.24) is 5.32 Å². The summed E-state index contributed by atoms with van der Waals surface area (Å²) in [5.41, 5.74) is 8.18. The van der Waals surface area contributed by atoms with Crippen LogP contribution in [0.5, 0.6) is 0 Å². The molecule has 3 rings (SSSR count). The van der Waals surface area contributed by atoms with Gasteiger partial charge in [0, 0.05) is 10.4 Å². The van der Waals surface area contributed by atoms with Crippen LogP contribution in [0.25, 0.3) is 0 Å². The lowest BCUT2D eigenvalue weighted by molar-refractivity contribution is -0.150. The number of thiophene rings is 1. The number of ether oxygens (including phenoxy) is 1. The molecule has 0 saturated heterocycles. The first-order valence-electron chi connectivity index (χ1n) is 10.5. The average Bonchev–Trinajstić information content (AvgIpc) is 3.30. The molecule has 1 heterocycles. The molecule has 2 aromatic rings. The van der Waals surface area contributed by atoms with E-state index in [1.165, 1.54) is 11.3 Å². The fraction of sp³-hybridized carbons (Fsp3) is 0.391. The third-order valence-corrected chi connectivity index (χ3v) is 6.49. The summed E-state index contributed by atoms with van der Waals surface area (Å²) in [6, 6.07) is 6.06. The minimum Gasteiger partial charge on any atom is -0.454 e. The van der Waals surface area contributed by atoms with Crippen molar-refractivity contribution < 1.29 is 23.9 Å². The number of amides is 3. The van der Waals surface area contributed by atoms with E-state index in [1.54, 1.807) is 26.0 Å². The lowest BCUT2D eigenvalue weighted by Gasteiger charge is -2.20. The number of nitrogens with two attached hydrogens (primary N) is 1. The number of fused-ring (bicyclic) bond motifs is 1. The van der Waals surface area contributed by atoms with Crippen LogP contribution in [0.3, 0.4) is 0 Å². The quantitative estimate of drug-likeness (QED) is 0.525. The highest BCUT2D eigenvalue weighted by Crippen LogP contribution is 2.38. The molecule has 1 aromatic heterocycles. The van der Waals surface area contributed by atoms with Gasteiger partial charge < -0.3 is 21.1 Å². The highest BCUT2D eigenvalue weighted by molar-refractivity contribution is 7.17. The van der Waals surface area contributed by atoms with Crippen LogP contribution in [0.1, 0.15) is 57.0 Å². The second-order valence-electron chi connectivity index (χ2n) is 8.14. The van der Waals surface area contributed by atoms with Gasteiger partial charge in [0.1, 0.15) is 11.0 Å². The third kappa shape index (κ3) is 5.34. The van der Waals surface area contributed by atoms with Gasteiger partial charge in [-0.1, -0.05) is 31.5 Å². The zero-order valence-electron chi connectivity index (χ0n) is 18.3. The normalized spacial score (nSPS) is 13.4. The van der Waals surface area contributed by atoms with Gasteiger partial charge >= 0.3 is 5.97 Å². The van der Waals surface area contributed by atoms with E-state index in [4.69, 9.17) is 10.5 Å². The van der Waals surface area contributed by atoms with Gasteiger partial charge in [-0.2, -0.15) is 0 Å². The lowest BCUT2D eigenvalue weighted by Crippen LogP contribution is -2.45. The first kappa shape index (κ1) is 23.5. The number of anilines is 1. The summed E-state index contributed by atoms with van der Waals surface area (Å²) in [6.45, 7) is 4.92. The standard InChI is InChI=1S/C23H27N3O5S/c1-12(2)19(26-21(29)14-9-7-13(3)8-10-14)23(30)31-11-17(27)25-22-18(20(24)28)15-5-4-6-16(15)32-22/h7-10,12,19H,4-6,11H2,1-3H3,(H2,24,28)(H,25,27)(H,26,29). The first-order chi connectivity index (χ1) is 15.2. The molecule has 170 valence electrons. The van der Waals surface area contributed by atoms with Crippen LogP contribution in [0.4, 0.5) is 5.00 Å². The maximum atomic E-state index is 12.6. The van der Waals surface area contributed by atoms with Crippen molar-refractivity contribution in [1.29, 1.82) is 0 Å². The number of carbonyl (C=O) groups is 4. The zero-order chi connectivity index (χ0) is 23.4. The molecule has 1 unspecified atom stereocenters. The van der Waals surface area contributed by atoms with Crippen molar-refractivity contribution in [2.24, 2.45) is 11.7 Å². The molecule has 0 radical (unpaired) electrons. The monoisotopic (exact) mass is 457 g/mol. The number of esters is 1. The van der Waals surface area contributed by atoms with Gasteiger partial charge in [0.15, 0.2) is 6.61 Å². The molecule has 4 N–H and O–H groups in total. The second kappa shape index (κ2) is 9.95. The van der Waals surface area contributed by atoms with Crippen molar-refractivity contribution >= 4 is 40.0 Å². The van der Waals surface area contributed by atoms with Crippen LogP contribution in [0, 0.1) is 12.8 Å². The van der Waals surface area contributed by atoms with E-state index < -0.39 is 36.3 Å². The number of hydrogen-bond donors (Lipinski definition) is 3. The highest BCUT2D eigenvalue weighted by atomic mass is 32.1. The van der Waals surface area contributed by atoms with Crippen LogP contribution in [-0.2, 0) is 27.2 Å². The summed E-state index contributed by atoms with van der Waals surface area (Å²) >= 11 is 1.33. The highest BCUT2D eigenvalue weighted by Gasteiger charge is 2.28. The Labute approximate surface area is 190 Å². The van der Waals surface area contributed by atoms with Gasteiger partial charge in [0.2, 0.25) is 0 Å². The van der Waals surface area contributed by atoms with Gasteiger partial charge in [-0.25, -0.2) is 4.79 Å². The van der Waals surface area contributed by atoms with E-state index in [9.17, 15) is 19.2 Å². The molecule has 3 amide bonds. The fourth-order valence-electron chi connectivity index (χ4n) is 3.57. The van der Waals surface area contributed by atoms with Crippen LogP contribution in [-0.4, -0.2) is 36.3 Å². The Morgan fingerprint density at radius 3 is 2.44 bits per heavy atom. The zero-order valence-corrected chi connectivity index (χ0v) is 19.1. The minimum absolute atomic E-state index is 0.248.